The molecule has 1 N–H and O–H groups in total. The molecule has 0 radical (unpaired) electrons. The molecule has 2 aromatic rings. The number of hydrogen-bond acceptors (Lipinski definition) is 5. The first kappa shape index (κ1) is 14.8. The number of fused-ring (bicyclic) bond motifs is 1. The molecule has 1 heterocycles. The van der Waals surface area contributed by atoms with Crippen molar-refractivity contribution >= 4 is 28.5 Å². The molecule has 0 aliphatic heterocycles. The predicted octanol–water partition coefficient (Wildman–Crippen LogP) is 1.83. The highest BCUT2D eigenvalue weighted by atomic mass is 16.5. The Bertz CT molecular complexity index is 804. The number of carbonyl (C=O) groups excluding carboxylic acids is 2. The van der Waals surface area contributed by atoms with E-state index in [1.165, 1.54) is 0 Å². The van der Waals surface area contributed by atoms with Gasteiger partial charge in [0, 0.05) is 0 Å². The molecule has 0 aliphatic rings. The Morgan fingerprint density at radius 3 is 2.48 bits per heavy atom. The van der Waals surface area contributed by atoms with E-state index in [0.29, 0.717) is 11.0 Å². The molecule has 2 rings (SSSR count). The zero-order valence-corrected chi connectivity index (χ0v) is 12.2. The number of nitrogens with one attached hydrogen (secondary N) is 1. The van der Waals surface area contributed by atoms with Crippen LogP contribution >= 0.6 is 0 Å². The number of esters is 1. The van der Waals surface area contributed by atoms with Gasteiger partial charge in [0.15, 0.2) is 0 Å². The maximum atomic E-state index is 12.5. The Labute approximate surface area is 120 Å². The van der Waals surface area contributed by atoms with E-state index in [9.17, 15) is 14.4 Å². The maximum absolute atomic E-state index is 12.5. The smallest absolute Gasteiger partial charge is 0.396 e. The summed E-state index contributed by atoms with van der Waals surface area (Å²) in [5.74, 6) is -1.86. The van der Waals surface area contributed by atoms with Crippen LogP contribution in [0.4, 0.5) is 5.69 Å². The first-order chi connectivity index (χ1) is 9.85. The highest BCUT2D eigenvalue weighted by Crippen LogP contribution is 2.22. The second-order valence-electron chi connectivity index (χ2n) is 4.76. The van der Waals surface area contributed by atoms with Gasteiger partial charge < -0.3 is 14.5 Å². The van der Waals surface area contributed by atoms with E-state index in [0.717, 1.165) is 18.2 Å². The van der Waals surface area contributed by atoms with Gasteiger partial charge in [-0.05, 0) is 38.0 Å². The van der Waals surface area contributed by atoms with Gasteiger partial charge in [0.2, 0.25) is 5.43 Å². The number of carbonyl (C=O) groups is 2. The van der Waals surface area contributed by atoms with E-state index >= 15 is 0 Å². The van der Waals surface area contributed by atoms with E-state index in [1.54, 1.807) is 19.9 Å². The number of benzene rings is 1. The summed E-state index contributed by atoms with van der Waals surface area (Å²) >= 11 is 0. The Morgan fingerprint density at radius 1 is 1.19 bits per heavy atom. The van der Waals surface area contributed by atoms with E-state index in [-0.39, 0.29) is 16.9 Å². The second-order valence-corrected chi connectivity index (χ2v) is 4.76. The molecule has 1 aromatic heterocycles. The molecular formula is C15H15NO5. The molecule has 0 aliphatic carbocycles. The molecule has 110 valence electrons. The molecule has 6 nitrogen and oxygen atoms in total. The maximum Gasteiger partial charge on any atom is 0.396 e. The van der Waals surface area contributed by atoms with Crippen molar-refractivity contribution in [2.45, 2.75) is 20.8 Å². The molecule has 0 saturated carbocycles. The van der Waals surface area contributed by atoms with Crippen LogP contribution in [0, 0.1) is 20.8 Å². The fourth-order valence-electron chi connectivity index (χ4n) is 2.20. The molecule has 6 heteroatoms. The largest absolute Gasteiger partial charge is 0.462 e. The molecule has 1 amide bonds. The van der Waals surface area contributed by atoms with Crippen molar-refractivity contribution in [1.29, 1.82) is 0 Å². The van der Waals surface area contributed by atoms with E-state index in [2.05, 4.69) is 10.1 Å². The van der Waals surface area contributed by atoms with Crippen molar-refractivity contribution in [1.82, 2.24) is 0 Å². The van der Waals surface area contributed by atoms with Crippen LogP contribution < -0.4 is 10.7 Å². The summed E-state index contributed by atoms with van der Waals surface area (Å²) in [7, 11) is 1.09. The highest BCUT2D eigenvalue weighted by molar-refractivity contribution is 6.37. The lowest BCUT2D eigenvalue weighted by Crippen LogP contribution is -2.27. The lowest BCUT2D eigenvalue weighted by Gasteiger charge is -2.09. The van der Waals surface area contributed by atoms with E-state index in [4.69, 9.17) is 4.42 Å². The Balaban J connectivity index is 2.64. The third-order valence-electron chi connectivity index (χ3n) is 3.12. The Morgan fingerprint density at radius 2 is 1.86 bits per heavy atom. The topological polar surface area (TPSA) is 85.6 Å². The van der Waals surface area contributed by atoms with Crippen LogP contribution in [0.5, 0.6) is 0 Å². The summed E-state index contributed by atoms with van der Waals surface area (Å²) < 4.78 is 9.89. The normalized spacial score (nSPS) is 10.5. The van der Waals surface area contributed by atoms with Gasteiger partial charge in [-0.1, -0.05) is 6.07 Å². The minimum Gasteiger partial charge on any atom is -0.462 e. The summed E-state index contributed by atoms with van der Waals surface area (Å²) in [6, 6.07) is 3.60. The molecule has 21 heavy (non-hydrogen) atoms. The summed E-state index contributed by atoms with van der Waals surface area (Å²) in [4.78, 5) is 35.2. The fraction of sp³-hybridized carbons (Fsp3) is 0.267. The lowest BCUT2D eigenvalue weighted by molar-refractivity contribution is -0.150. The Hall–Kier alpha value is -2.63. The van der Waals surface area contributed by atoms with Gasteiger partial charge >= 0.3 is 11.9 Å². The summed E-state index contributed by atoms with van der Waals surface area (Å²) in [5, 5.41) is 2.62. The van der Waals surface area contributed by atoms with Crippen LogP contribution in [0.3, 0.4) is 0 Å². The Kier molecular flexibility index (Phi) is 3.80. The minimum atomic E-state index is -1.07. The first-order valence-corrected chi connectivity index (χ1v) is 6.29. The van der Waals surface area contributed by atoms with Crippen molar-refractivity contribution in [3.63, 3.8) is 0 Å². The van der Waals surface area contributed by atoms with Crippen molar-refractivity contribution in [3.05, 3.63) is 39.2 Å². The molecule has 0 fully saturated rings. The SMILES string of the molecule is COC(=O)C(=O)Nc1c(C)oc2cc(C)cc(C)c2c1=O. The third kappa shape index (κ3) is 2.65. The zero-order chi connectivity index (χ0) is 15.7. The van der Waals surface area contributed by atoms with Gasteiger partial charge in [-0.2, -0.15) is 0 Å². The van der Waals surface area contributed by atoms with Crippen molar-refractivity contribution in [2.75, 3.05) is 12.4 Å². The van der Waals surface area contributed by atoms with Gasteiger partial charge in [0.25, 0.3) is 0 Å². The predicted molar refractivity (Wildman–Crippen MR) is 77.3 cm³/mol. The molecule has 1 aromatic carbocycles. The fourth-order valence-corrected chi connectivity index (χ4v) is 2.20. The van der Waals surface area contributed by atoms with Crippen LogP contribution in [0.15, 0.2) is 21.3 Å². The summed E-state index contributed by atoms with van der Waals surface area (Å²) in [6.07, 6.45) is 0. The van der Waals surface area contributed by atoms with E-state index in [1.807, 2.05) is 13.0 Å². The van der Waals surface area contributed by atoms with Gasteiger partial charge in [-0.3, -0.25) is 9.59 Å². The number of anilines is 1. The molecule has 0 atom stereocenters. The number of rotatable bonds is 1. The number of amides is 1. The average Bonchev–Trinajstić information content (AvgIpc) is 2.41. The lowest BCUT2D eigenvalue weighted by atomic mass is 10.1. The van der Waals surface area contributed by atoms with Crippen LogP contribution in [0.25, 0.3) is 11.0 Å². The second kappa shape index (κ2) is 5.40. The third-order valence-corrected chi connectivity index (χ3v) is 3.12. The van der Waals surface area contributed by atoms with Crippen LogP contribution in [-0.4, -0.2) is 19.0 Å². The number of hydrogen-bond donors (Lipinski definition) is 1. The molecule has 0 bridgehead atoms. The zero-order valence-electron chi connectivity index (χ0n) is 12.2. The van der Waals surface area contributed by atoms with Gasteiger partial charge in [0.1, 0.15) is 17.0 Å². The van der Waals surface area contributed by atoms with Crippen LogP contribution in [0.2, 0.25) is 0 Å². The summed E-state index contributed by atoms with van der Waals surface area (Å²) in [5.41, 5.74) is 1.72. The van der Waals surface area contributed by atoms with E-state index < -0.39 is 11.9 Å². The number of methoxy groups -OCH3 is 1. The van der Waals surface area contributed by atoms with Gasteiger partial charge in [-0.25, -0.2) is 4.79 Å². The standard InChI is InChI=1S/C15H15NO5/c1-7-5-8(2)11-10(6-7)21-9(3)12(13(11)17)16-14(18)15(19)20-4/h5-6H,1-4H3,(H,16,18). The van der Waals surface area contributed by atoms with Crippen molar-refractivity contribution in [2.24, 2.45) is 0 Å². The first-order valence-electron chi connectivity index (χ1n) is 6.29. The van der Waals surface area contributed by atoms with Crippen LogP contribution in [-0.2, 0) is 14.3 Å². The van der Waals surface area contributed by atoms with Gasteiger partial charge in [-0.15, -0.1) is 0 Å². The molecule has 0 spiro atoms. The molecular weight excluding hydrogens is 274 g/mol. The van der Waals surface area contributed by atoms with Crippen molar-refractivity contribution in [3.8, 4) is 0 Å². The van der Waals surface area contributed by atoms with Crippen molar-refractivity contribution < 1.29 is 18.7 Å². The number of ether oxygens (including phenoxy) is 1. The minimum absolute atomic E-state index is 0.0511. The highest BCUT2D eigenvalue weighted by Gasteiger charge is 2.20. The van der Waals surface area contributed by atoms with Crippen LogP contribution in [0.1, 0.15) is 16.9 Å². The monoisotopic (exact) mass is 289 g/mol. The average molecular weight is 289 g/mol. The van der Waals surface area contributed by atoms with Gasteiger partial charge in [0.05, 0.1) is 12.5 Å². The number of aryl methyl sites for hydroxylation is 3. The molecule has 0 unspecified atom stereocenters. The quantitative estimate of drug-likeness (QED) is 0.639. The molecule has 0 saturated heterocycles. The summed E-state index contributed by atoms with van der Waals surface area (Å²) in [6.45, 7) is 5.23.